The van der Waals surface area contributed by atoms with E-state index in [-0.39, 0.29) is 0 Å². The van der Waals surface area contributed by atoms with Crippen molar-refractivity contribution in [3.05, 3.63) is 71.9 Å². The zero-order valence-corrected chi connectivity index (χ0v) is 14.7. The normalized spacial score (nSPS) is 12.2. The fourth-order valence-corrected chi connectivity index (χ4v) is 2.97. The number of hydrogen-bond acceptors (Lipinski definition) is 3. The number of nitrogens with zero attached hydrogens (tertiary/aromatic N) is 1. The van der Waals surface area contributed by atoms with Gasteiger partial charge in [-0.25, -0.2) is 4.98 Å². The average Bonchev–Trinajstić information content (AvgIpc) is 2.66. The van der Waals surface area contributed by atoms with E-state index >= 15 is 0 Å². The molecule has 0 aliphatic carbocycles. The fraction of sp³-hybridized carbons (Fsp3) is 0.318. The molecule has 2 aromatic carbocycles. The molecule has 0 saturated carbocycles. The van der Waals surface area contributed by atoms with E-state index in [0.717, 1.165) is 53.6 Å². The van der Waals surface area contributed by atoms with Crippen molar-refractivity contribution in [2.75, 3.05) is 0 Å². The summed E-state index contributed by atoms with van der Waals surface area (Å²) < 4.78 is 5.98. The number of para-hydroxylation sites is 2. The minimum absolute atomic E-state index is 0.392. The summed E-state index contributed by atoms with van der Waals surface area (Å²) in [7, 11) is 0. The average molecular weight is 335 g/mol. The van der Waals surface area contributed by atoms with Gasteiger partial charge in [0.05, 0.1) is 17.3 Å². The molecule has 130 valence electrons. The predicted octanol–water partition coefficient (Wildman–Crippen LogP) is 5.43. The van der Waals surface area contributed by atoms with Crippen molar-refractivity contribution in [1.29, 1.82) is 0 Å². The lowest BCUT2D eigenvalue weighted by Gasteiger charge is -2.16. The van der Waals surface area contributed by atoms with E-state index in [1.807, 2.05) is 48.5 Å². The Kier molecular flexibility index (Phi) is 6.02. The maximum absolute atomic E-state index is 10.5. The van der Waals surface area contributed by atoms with Crippen LogP contribution in [0.2, 0.25) is 0 Å². The standard InChI is InChI=1S/C22H25NO2/c1-2-3-4-12-21(24)19-10-6-8-13-22(19)25-16-18-15-14-17-9-5-7-11-20(17)23-18/h5-11,13-15,21,24H,2-4,12,16H2,1H3. The number of ether oxygens (including phenoxy) is 1. The molecular formula is C22H25NO2. The molecule has 0 fully saturated rings. The third kappa shape index (κ3) is 4.58. The number of hydrogen-bond donors (Lipinski definition) is 1. The number of rotatable bonds is 8. The van der Waals surface area contributed by atoms with Gasteiger partial charge in [-0.3, -0.25) is 0 Å². The van der Waals surface area contributed by atoms with Gasteiger partial charge < -0.3 is 9.84 Å². The van der Waals surface area contributed by atoms with Crippen LogP contribution in [0.5, 0.6) is 5.75 Å². The molecule has 1 aromatic heterocycles. The smallest absolute Gasteiger partial charge is 0.130 e. The van der Waals surface area contributed by atoms with Gasteiger partial charge in [0.2, 0.25) is 0 Å². The molecule has 3 heteroatoms. The number of aliphatic hydroxyl groups is 1. The second-order valence-electron chi connectivity index (χ2n) is 6.33. The Labute approximate surface area is 149 Å². The highest BCUT2D eigenvalue weighted by molar-refractivity contribution is 5.78. The molecule has 3 rings (SSSR count). The molecule has 0 bridgehead atoms. The molecule has 0 amide bonds. The van der Waals surface area contributed by atoms with Gasteiger partial charge in [-0.2, -0.15) is 0 Å². The lowest BCUT2D eigenvalue weighted by Crippen LogP contribution is -2.04. The van der Waals surface area contributed by atoms with Crippen molar-refractivity contribution >= 4 is 10.9 Å². The van der Waals surface area contributed by atoms with E-state index in [4.69, 9.17) is 4.74 Å². The van der Waals surface area contributed by atoms with Crippen LogP contribution in [0.1, 0.15) is 50.0 Å². The first-order valence-electron chi connectivity index (χ1n) is 9.02. The lowest BCUT2D eigenvalue weighted by atomic mass is 10.0. The molecule has 3 nitrogen and oxygen atoms in total. The highest BCUT2D eigenvalue weighted by atomic mass is 16.5. The molecular weight excluding hydrogens is 310 g/mol. The zero-order valence-electron chi connectivity index (χ0n) is 14.7. The third-order valence-electron chi connectivity index (χ3n) is 4.39. The fourth-order valence-electron chi connectivity index (χ4n) is 2.97. The number of unbranched alkanes of at least 4 members (excludes halogenated alkanes) is 2. The Morgan fingerprint density at radius 3 is 2.64 bits per heavy atom. The third-order valence-corrected chi connectivity index (χ3v) is 4.39. The van der Waals surface area contributed by atoms with Gasteiger partial charge in [-0.1, -0.05) is 68.7 Å². The molecule has 1 unspecified atom stereocenters. The van der Waals surface area contributed by atoms with E-state index < -0.39 is 6.10 Å². The van der Waals surface area contributed by atoms with E-state index in [1.54, 1.807) is 0 Å². The van der Waals surface area contributed by atoms with Gasteiger partial charge in [0.25, 0.3) is 0 Å². The van der Waals surface area contributed by atoms with Gasteiger partial charge in [0.15, 0.2) is 0 Å². The number of benzene rings is 2. The summed E-state index contributed by atoms with van der Waals surface area (Å²) in [6.45, 7) is 2.56. The number of aromatic nitrogens is 1. The topological polar surface area (TPSA) is 42.4 Å². The van der Waals surface area contributed by atoms with Gasteiger partial charge in [0, 0.05) is 10.9 Å². The van der Waals surface area contributed by atoms with E-state index in [2.05, 4.69) is 24.0 Å². The van der Waals surface area contributed by atoms with Gasteiger partial charge >= 0.3 is 0 Å². The van der Waals surface area contributed by atoms with Crippen LogP contribution >= 0.6 is 0 Å². The van der Waals surface area contributed by atoms with Crippen molar-refractivity contribution < 1.29 is 9.84 Å². The van der Waals surface area contributed by atoms with Gasteiger partial charge in [-0.05, 0) is 24.6 Å². The first kappa shape index (κ1) is 17.4. The van der Waals surface area contributed by atoms with Crippen LogP contribution in [0.4, 0.5) is 0 Å². The second kappa shape index (κ2) is 8.63. The summed E-state index contributed by atoms with van der Waals surface area (Å²) in [6, 6.07) is 19.8. The van der Waals surface area contributed by atoms with Gasteiger partial charge in [-0.15, -0.1) is 0 Å². The summed E-state index contributed by atoms with van der Waals surface area (Å²) in [5.74, 6) is 0.737. The van der Waals surface area contributed by atoms with Crippen molar-refractivity contribution in [2.45, 2.75) is 45.3 Å². The largest absolute Gasteiger partial charge is 0.487 e. The molecule has 0 spiro atoms. The Bertz CT molecular complexity index is 816. The van der Waals surface area contributed by atoms with Crippen molar-refractivity contribution in [3.8, 4) is 5.75 Å². The van der Waals surface area contributed by atoms with Crippen LogP contribution in [-0.4, -0.2) is 10.1 Å². The van der Waals surface area contributed by atoms with Crippen LogP contribution in [0.25, 0.3) is 10.9 Å². The molecule has 25 heavy (non-hydrogen) atoms. The monoisotopic (exact) mass is 335 g/mol. The van der Waals surface area contributed by atoms with Crippen molar-refractivity contribution in [3.63, 3.8) is 0 Å². The number of pyridine rings is 1. The summed E-state index contributed by atoms with van der Waals surface area (Å²) >= 11 is 0. The first-order valence-corrected chi connectivity index (χ1v) is 9.02. The van der Waals surface area contributed by atoms with Crippen molar-refractivity contribution in [1.82, 2.24) is 4.98 Å². The van der Waals surface area contributed by atoms with E-state index in [0.29, 0.717) is 6.61 Å². The summed E-state index contributed by atoms with van der Waals surface area (Å²) in [5, 5.41) is 11.6. The maximum atomic E-state index is 10.5. The molecule has 1 heterocycles. The van der Waals surface area contributed by atoms with Crippen LogP contribution in [0.15, 0.2) is 60.7 Å². The molecule has 3 aromatic rings. The van der Waals surface area contributed by atoms with Crippen LogP contribution in [0, 0.1) is 0 Å². The molecule has 0 aliphatic rings. The maximum Gasteiger partial charge on any atom is 0.130 e. The van der Waals surface area contributed by atoms with Crippen LogP contribution in [0.3, 0.4) is 0 Å². The zero-order chi connectivity index (χ0) is 17.5. The predicted molar refractivity (Wildman–Crippen MR) is 102 cm³/mol. The summed E-state index contributed by atoms with van der Waals surface area (Å²) in [6.07, 6.45) is 3.60. The Hall–Kier alpha value is -2.39. The SMILES string of the molecule is CCCCCC(O)c1ccccc1OCc1ccc2ccccc2n1. The Morgan fingerprint density at radius 1 is 0.960 bits per heavy atom. The molecule has 1 atom stereocenters. The van der Waals surface area contributed by atoms with E-state index in [9.17, 15) is 5.11 Å². The van der Waals surface area contributed by atoms with Crippen LogP contribution < -0.4 is 4.74 Å². The lowest BCUT2D eigenvalue weighted by molar-refractivity contribution is 0.157. The van der Waals surface area contributed by atoms with Crippen molar-refractivity contribution in [2.24, 2.45) is 0 Å². The highest BCUT2D eigenvalue weighted by Gasteiger charge is 2.13. The quantitative estimate of drug-likeness (QED) is 0.558. The van der Waals surface area contributed by atoms with Crippen LogP contribution in [-0.2, 0) is 6.61 Å². The highest BCUT2D eigenvalue weighted by Crippen LogP contribution is 2.29. The Balaban J connectivity index is 1.69. The summed E-state index contributed by atoms with van der Waals surface area (Å²) in [4.78, 5) is 4.64. The van der Waals surface area contributed by atoms with Gasteiger partial charge in [0.1, 0.15) is 12.4 Å². The molecule has 0 aliphatic heterocycles. The van der Waals surface area contributed by atoms with E-state index in [1.165, 1.54) is 0 Å². The first-order chi connectivity index (χ1) is 12.3. The molecule has 1 N–H and O–H groups in total. The summed E-state index contributed by atoms with van der Waals surface area (Å²) in [5.41, 5.74) is 2.71. The number of fused-ring (bicyclic) bond motifs is 1. The Morgan fingerprint density at radius 2 is 1.76 bits per heavy atom. The molecule has 0 saturated heterocycles. The minimum Gasteiger partial charge on any atom is -0.487 e. The minimum atomic E-state index is -0.479. The number of aliphatic hydroxyl groups excluding tert-OH is 1. The second-order valence-corrected chi connectivity index (χ2v) is 6.33. The molecule has 0 radical (unpaired) electrons.